The van der Waals surface area contributed by atoms with Gasteiger partial charge in [-0.2, -0.15) is 0 Å². The largest absolute Gasteiger partial charge is 0.121 e. The maximum atomic E-state index is 6.01. The number of halogens is 2. The topological polar surface area (TPSA) is 0 Å². The lowest BCUT2D eigenvalue weighted by Crippen LogP contribution is -2.16. The van der Waals surface area contributed by atoms with E-state index < -0.39 is 0 Å². The van der Waals surface area contributed by atoms with Crippen LogP contribution in [0.2, 0.25) is 0 Å². The van der Waals surface area contributed by atoms with Crippen LogP contribution < -0.4 is 0 Å². The maximum absolute atomic E-state index is 6.01. The zero-order chi connectivity index (χ0) is 7.40. The van der Waals surface area contributed by atoms with Crippen LogP contribution in [-0.4, -0.2) is 10.8 Å². The third kappa shape index (κ3) is 2.67. The van der Waals surface area contributed by atoms with Gasteiger partial charge in [-0.1, -0.05) is 25.7 Å². The molecule has 0 amide bonds. The molecule has 0 aromatic rings. The molecule has 0 N–H and O–H groups in total. The summed E-state index contributed by atoms with van der Waals surface area (Å²) in [7, 11) is 0. The Morgan fingerprint density at radius 1 is 0.700 bits per heavy atom. The van der Waals surface area contributed by atoms with E-state index in [0.717, 1.165) is 12.8 Å². The lowest BCUT2D eigenvalue weighted by Gasteiger charge is -2.18. The molecule has 2 atom stereocenters. The Labute approximate surface area is 72.9 Å². The van der Waals surface area contributed by atoms with E-state index in [1.807, 2.05) is 0 Å². The van der Waals surface area contributed by atoms with Crippen LogP contribution in [0.15, 0.2) is 0 Å². The summed E-state index contributed by atoms with van der Waals surface area (Å²) in [5, 5.41) is 0.448. The van der Waals surface area contributed by atoms with E-state index in [9.17, 15) is 0 Å². The van der Waals surface area contributed by atoms with Gasteiger partial charge in [-0.3, -0.25) is 0 Å². The van der Waals surface area contributed by atoms with Crippen LogP contribution in [0, 0.1) is 0 Å². The monoisotopic (exact) mass is 180 g/mol. The normalized spacial score (nSPS) is 36.6. The van der Waals surface area contributed by atoms with Crippen LogP contribution in [0.5, 0.6) is 0 Å². The molecule has 1 unspecified atom stereocenters. The van der Waals surface area contributed by atoms with Crippen molar-refractivity contribution in [3.63, 3.8) is 0 Å². The highest BCUT2D eigenvalue weighted by molar-refractivity contribution is 6.29. The van der Waals surface area contributed by atoms with Crippen LogP contribution in [0.1, 0.15) is 38.5 Å². The van der Waals surface area contributed by atoms with Crippen LogP contribution in [0.25, 0.3) is 0 Å². The van der Waals surface area contributed by atoms with Gasteiger partial charge in [0.15, 0.2) is 0 Å². The molecule has 0 radical (unpaired) electrons. The summed E-state index contributed by atoms with van der Waals surface area (Å²) in [5.41, 5.74) is 0. The van der Waals surface area contributed by atoms with E-state index >= 15 is 0 Å². The van der Waals surface area contributed by atoms with Crippen LogP contribution >= 0.6 is 23.2 Å². The predicted molar refractivity (Wildman–Crippen MR) is 47.0 cm³/mol. The predicted octanol–water partition coefficient (Wildman–Crippen LogP) is 3.56. The standard InChI is InChI=1S/C8H14Cl2/c9-7-5-3-1-2-4-6-8(7)10/h7-8H,1-6H2/t7-,8?/m1/s1. The Morgan fingerprint density at radius 3 is 1.50 bits per heavy atom. The first-order valence-electron chi connectivity index (χ1n) is 4.09. The first-order valence-corrected chi connectivity index (χ1v) is 4.96. The van der Waals surface area contributed by atoms with Crippen molar-refractivity contribution in [3.8, 4) is 0 Å². The summed E-state index contributed by atoms with van der Waals surface area (Å²) in [5.74, 6) is 0. The lowest BCUT2D eigenvalue weighted by molar-refractivity contribution is 0.514. The molecule has 2 heteroatoms. The summed E-state index contributed by atoms with van der Waals surface area (Å²) >= 11 is 12.0. The first-order chi connectivity index (χ1) is 4.80. The summed E-state index contributed by atoms with van der Waals surface area (Å²) in [6.45, 7) is 0. The zero-order valence-electron chi connectivity index (χ0n) is 6.15. The molecule has 0 aromatic heterocycles. The van der Waals surface area contributed by atoms with Gasteiger partial charge >= 0.3 is 0 Å². The van der Waals surface area contributed by atoms with Gasteiger partial charge in [0.1, 0.15) is 0 Å². The van der Waals surface area contributed by atoms with E-state index in [-0.39, 0.29) is 10.8 Å². The third-order valence-corrected chi connectivity index (χ3v) is 3.28. The molecule has 1 aliphatic carbocycles. The molecule has 0 heterocycles. The number of hydrogen-bond donors (Lipinski definition) is 0. The van der Waals surface area contributed by atoms with Crippen molar-refractivity contribution in [1.29, 1.82) is 0 Å². The quantitative estimate of drug-likeness (QED) is 0.501. The van der Waals surface area contributed by atoms with Gasteiger partial charge in [-0.15, -0.1) is 23.2 Å². The van der Waals surface area contributed by atoms with Crippen molar-refractivity contribution in [2.24, 2.45) is 0 Å². The molecule has 1 aliphatic rings. The van der Waals surface area contributed by atoms with Crippen LogP contribution in [-0.2, 0) is 0 Å². The minimum atomic E-state index is 0.224. The van der Waals surface area contributed by atoms with E-state index in [1.165, 1.54) is 25.7 Å². The molecule has 1 saturated carbocycles. The summed E-state index contributed by atoms with van der Waals surface area (Å²) in [6, 6.07) is 0. The molecule has 10 heavy (non-hydrogen) atoms. The SMILES string of the molecule is ClC1CCCCCC[C@H]1Cl. The van der Waals surface area contributed by atoms with Crippen LogP contribution in [0.4, 0.5) is 0 Å². The van der Waals surface area contributed by atoms with Gasteiger partial charge in [0.2, 0.25) is 0 Å². The Hall–Kier alpha value is 0.580. The Bertz CT molecular complexity index is 81.3. The van der Waals surface area contributed by atoms with E-state index in [4.69, 9.17) is 23.2 Å². The molecule has 60 valence electrons. The minimum Gasteiger partial charge on any atom is -0.121 e. The van der Waals surface area contributed by atoms with Crippen LogP contribution in [0.3, 0.4) is 0 Å². The molecule has 0 nitrogen and oxygen atoms in total. The zero-order valence-corrected chi connectivity index (χ0v) is 7.67. The number of alkyl halides is 2. The van der Waals surface area contributed by atoms with Crippen molar-refractivity contribution in [2.75, 3.05) is 0 Å². The molecule has 0 aliphatic heterocycles. The minimum absolute atomic E-state index is 0.224. The average Bonchev–Trinajstić information content (AvgIpc) is 1.92. The Kier molecular flexibility index (Phi) is 3.87. The summed E-state index contributed by atoms with van der Waals surface area (Å²) in [4.78, 5) is 0. The van der Waals surface area contributed by atoms with Gasteiger partial charge in [-0.25, -0.2) is 0 Å². The van der Waals surface area contributed by atoms with Gasteiger partial charge < -0.3 is 0 Å². The fourth-order valence-electron chi connectivity index (χ4n) is 1.39. The average molecular weight is 181 g/mol. The second kappa shape index (κ2) is 4.46. The summed E-state index contributed by atoms with van der Waals surface area (Å²) < 4.78 is 0. The molecular formula is C8H14Cl2. The number of rotatable bonds is 0. The van der Waals surface area contributed by atoms with E-state index in [0.29, 0.717) is 0 Å². The highest BCUT2D eigenvalue weighted by Crippen LogP contribution is 2.25. The van der Waals surface area contributed by atoms with Crippen molar-refractivity contribution < 1.29 is 0 Å². The highest BCUT2D eigenvalue weighted by atomic mass is 35.5. The molecule has 1 fully saturated rings. The molecule has 0 spiro atoms. The van der Waals surface area contributed by atoms with Crippen molar-refractivity contribution >= 4 is 23.2 Å². The van der Waals surface area contributed by atoms with E-state index in [1.54, 1.807) is 0 Å². The second-order valence-electron chi connectivity index (χ2n) is 3.02. The smallest absolute Gasteiger partial charge is 0.0499 e. The first kappa shape index (κ1) is 8.67. The molecular weight excluding hydrogens is 167 g/mol. The van der Waals surface area contributed by atoms with E-state index in [2.05, 4.69) is 0 Å². The van der Waals surface area contributed by atoms with Gasteiger partial charge in [0.05, 0.1) is 0 Å². The lowest BCUT2D eigenvalue weighted by atomic mass is 10.0. The second-order valence-corrected chi connectivity index (χ2v) is 4.14. The number of hydrogen-bond acceptors (Lipinski definition) is 0. The van der Waals surface area contributed by atoms with Gasteiger partial charge in [0, 0.05) is 10.8 Å². The maximum Gasteiger partial charge on any atom is 0.0499 e. The molecule has 0 saturated heterocycles. The third-order valence-electron chi connectivity index (χ3n) is 2.10. The van der Waals surface area contributed by atoms with Crippen molar-refractivity contribution in [2.45, 2.75) is 49.3 Å². The highest BCUT2D eigenvalue weighted by Gasteiger charge is 2.17. The van der Waals surface area contributed by atoms with Crippen molar-refractivity contribution in [3.05, 3.63) is 0 Å². The Morgan fingerprint density at radius 2 is 1.10 bits per heavy atom. The molecule has 0 aromatic carbocycles. The summed E-state index contributed by atoms with van der Waals surface area (Å²) in [6.07, 6.45) is 7.42. The van der Waals surface area contributed by atoms with Gasteiger partial charge in [-0.05, 0) is 12.8 Å². The molecule has 1 rings (SSSR count). The molecule has 0 bridgehead atoms. The van der Waals surface area contributed by atoms with Gasteiger partial charge in [0.25, 0.3) is 0 Å². The van der Waals surface area contributed by atoms with Crippen molar-refractivity contribution in [1.82, 2.24) is 0 Å². The Balaban J connectivity index is 2.28. The fourth-order valence-corrected chi connectivity index (χ4v) is 1.95. The fraction of sp³-hybridized carbons (Fsp3) is 1.00.